The lowest BCUT2D eigenvalue weighted by Gasteiger charge is -2.24. The Morgan fingerprint density at radius 3 is 2.30 bits per heavy atom. The molecule has 4 rings (SSSR count). The molecule has 37 heavy (non-hydrogen) atoms. The zero-order chi connectivity index (χ0) is 27.0. The Morgan fingerprint density at radius 2 is 1.68 bits per heavy atom. The van der Waals surface area contributed by atoms with Crippen molar-refractivity contribution < 1.29 is 22.7 Å². The number of rotatable bonds is 6. The van der Waals surface area contributed by atoms with Crippen LogP contribution in [0, 0.1) is 0 Å². The normalized spacial score (nSPS) is 11.9. The van der Waals surface area contributed by atoms with Gasteiger partial charge in [0.2, 0.25) is 0 Å². The van der Waals surface area contributed by atoms with E-state index in [4.69, 9.17) is 21.1 Å². The number of fused-ring (bicyclic) bond motifs is 1. The Hall–Kier alpha value is -3.49. The minimum absolute atomic E-state index is 0.0645. The zero-order valence-corrected chi connectivity index (χ0v) is 22.9. The maximum atomic E-state index is 13.8. The Kier molecular flexibility index (Phi) is 7.26. The van der Waals surface area contributed by atoms with Crippen LogP contribution in [0.3, 0.4) is 0 Å². The number of carbonyl (C=O) groups is 1. The van der Waals surface area contributed by atoms with Gasteiger partial charge in [0.25, 0.3) is 10.0 Å². The van der Waals surface area contributed by atoms with Crippen LogP contribution in [0.2, 0.25) is 5.02 Å². The number of methoxy groups -OCH3 is 1. The summed E-state index contributed by atoms with van der Waals surface area (Å²) in [6.45, 7) is 7.32. The van der Waals surface area contributed by atoms with Crippen LogP contribution in [-0.4, -0.2) is 38.3 Å². The first-order valence-corrected chi connectivity index (χ1v) is 13.6. The molecule has 0 atom stereocenters. The fourth-order valence-electron chi connectivity index (χ4n) is 4.09. The van der Waals surface area contributed by atoms with Crippen molar-refractivity contribution in [3.63, 3.8) is 0 Å². The van der Waals surface area contributed by atoms with E-state index in [-0.39, 0.29) is 16.5 Å². The third-order valence-electron chi connectivity index (χ3n) is 5.73. The molecule has 3 aromatic carbocycles. The number of anilines is 1. The monoisotopic (exact) mass is 540 g/mol. The first-order chi connectivity index (χ1) is 17.5. The Bertz CT molecular complexity index is 1550. The molecule has 0 bridgehead atoms. The highest BCUT2D eigenvalue weighted by atomic mass is 35.5. The number of para-hydroxylation sites is 1. The first-order valence-electron chi connectivity index (χ1n) is 11.8. The van der Waals surface area contributed by atoms with Crippen molar-refractivity contribution in [2.24, 2.45) is 0 Å². The number of hydrogen-bond acceptors (Lipinski definition) is 5. The summed E-state index contributed by atoms with van der Waals surface area (Å²) in [7, 11) is -2.49. The lowest BCUT2D eigenvalue weighted by Crippen LogP contribution is -2.31. The molecule has 0 unspecified atom stereocenters. The molecule has 0 saturated carbocycles. The number of halogens is 1. The van der Waals surface area contributed by atoms with E-state index in [9.17, 15) is 13.2 Å². The molecule has 0 aliphatic rings. The predicted octanol–water partition coefficient (Wildman–Crippen LogP) is 6.97. The van der Waals surface area contributed by atoms with Gasteiger partial charge in [-0.15, -0.1) is 0 Å². The number of benzene rings is 3. The van der Waals surface area contributed by atoms with E-state index in [2.05, 4.69) is 0 Å². The van der Waals surface area contributed by atoms with E-state index in [1.165, 1.54) is 21.0 Å². The Balaban J connectivity index is 1.86. The van der Waals surface area contributed by atoms with Gasteiger partial charge in [-0.25, -0.2) is 17.8 Å². The molecule has 1 aromatic heterocycles. The van der Waals surface area contributed by atoms with E-state index in [0.717, 1.165) is 5.39 Å². The van der Waals surface area contributed by atoms with Crippen molar-refractivity contribution in [1.29, 1.82) is 0 Å². The van der Waals surface area contributed by atoms with E-state index in [1.807, 2.05) is 30.3 Å². The second kappa shape index (κ2) is 10.1. The summed E-state index contributed by atoms with van der Waals surface area (Å²) < 4.78 is 41.2. The first kappa shape index (κ1) is 26.6. The van der Waals surface area contributed by atoms with Gasteiger partial charge in [0.1, 0.15) is 16.2 Å². The Morgan fingerprint density at radius 1 is 1.00 bits per heavy atom. The fraction of sp³-hybridized carbons (Fsp3) is 0.250. The van der Waals surface area contributed by atoms with Gasteiger partial charge in [-0.1, -0.05) is 35.9 Å². The molecule has 0 radical (unpaired) electrons. The topological polar surface area (TPSA) is 77.8 Å². The molecule has 0 aliphatic carbocycles. The fourth-order valence-corrected chi connectivity index (χ4v) is 6.07. The molecular formula is C28H29ClN2O5S. The molecule has 0 saturated heterocycles. The summed E-state index contributed by atoms with van der Waals surface area (Å²) in [6, 6.07) is 20.7. The third kappa shape index (κ3) is 5.31. The maximum Gasteiger partial charge on any atom is 0.419 e. The summed E-state index contributed by atoms with van der Waals surface area (Å²) >= 11 is 6.45. The molecule has 0 aliphatic heterocycles. The highest BCUT2D eigenvalue weighted by Crippen LogP contribution is 2.35. The second-order valence-corrected chi connectivity index (χ2v) is 11.7. The van der Waals surface area contributed by atoms with Crippen molar-refractivity contribution in [2.45, 2.75) is 38.2 Å². The van der Waals surface area contributed by atoms with Gasteiger partial charge >= 0.3 is 6.09 Å². The van der Waals surface area contributed by atoms with Crippen LogP contribution in [0.25, 0.3) is 22.2 Å². The minimum atomic E-state index is -4.04. The van der Waals surface area contributed by atoms with Crippen LogP contribution in [0.1, 0.15) is 27.7 Å². The largest absolute Gasteiger partial charge is 0.497 e. The number of ether oxygens (including phenoxy) is 2. The van der Waals surface area contributed by atoms with Crippen molar-refractivity contribution in [3.05, 3.63) is 77.8 Å². The molecule has 0 amide bonds. The predicted molar refractivity (Wildman–Crippen MR) is 147 cm³/mol. The lowest BCUT2D eigenvalue weighted by molar-refractivity contribution is 0.0547. The van der Waals surface area contributed by atoms with E-state index < -0.39 is 21.7 Å². The average Bonchev–Trinajstić information content (AvgIpc) is 3.24. The van der Waals surface area contributed by atoms with Gasteiger partial charge < -0.3 is 9.47 Å². The molecule has 0 spiro atoms. The average molecular weight is 541 g/mol. The van der Waals surface area contributed by atoms with Crippen LogP contribution < -0.4 is 9.04 Å². The van der Waals surface area contributed by atoms with Gasteiger partial charge in [0.15, 0.2) is 0 Å². The quantitative estimate of drug-likeness (QED) is 0.264. The molecule has 9 heteroatoms. The summed E-state index contributed by atoms with van der Waals surface area (Å²) in [5, 5.41) is 0.895. The molecule has 0 N–H and O–H groups in total. The van der Waals surface area contributed by atoms with Gasteiger partial charge in [-0.3, -0.25) is 4.31 Å². The summed E-state index contributed by atoms with van der Waals surface area (Å²) in [5.74, 6) is 0.618. The number of nitrogens with zero attached hydrogens (tertiary/aromatic N) is 2. The van der Waals surface area contributed by atoms with E-state index in [0.29, 0.717) is 28.2 Å². The minimum Gasteiger partial charge on any atom is -0.497 e. The van der Waals surface area contributed by atoms with Crippen LogP contribution in [-0.2, 0) is 14.8 Å². The smallest absolute Gasteiger partial charge is 0.419 e. The zero-order valence-electron chi connectivity index (χ0n) is 21.4. The molecular weight excluding hydrogens is 512 g/mol. The number of carbonyl (C=O) groups excluding carboxylic acids is 1. The third-order valence-corrected chi connectivity index (χ3v) is 8.11. The Labute approximate surface area is 222 Å². The molecule has 0 fully saturated rings. The van der Waals surface area contributed by atoms with E-state index in [1.54, 1.807) is 65.1 Å². The standard InChI is InChI=1S/C28H29ClN2O5S/c1-6-30(21-12-14-22(35-5)15-13-21)37(33,34)26-18-20(11-16-23(26)29)25-17-19-9-7-8-10-24(19)31(25)27(32)36-28(2,3)4/h7-18H,6H2,1-5H3. The summed E-state index contributed by atoms with van der Waals surface area (Å²) in [5.41, 5.74) is 1.42. The number of hydrogen-bond donors (Lipinski definition) is 0. The molecule has 1 heterocycles. The lowest BCUT2D eigenvalue weighted by atomic mass is 10.1. The molecule has 194 valence electrons. The van der Waals surface area contributed by atoms with Crippen molar-refractivity contribution in [2.75, 3.05) is 18.0 Å². The molecule has 7 nitrogen and oxygen atoms in total. The van der Waals surface area contributed by atoms with Gasteiger partial charge in [-0.2, -0.15) is 0 Å². The number of aromatic nitrogens is 1. The summed E-state index contributed by atoms with van der Waals surface area (Å²) in [6.07, 6.45) is -0.559. The maximum absolute atomic E-state index is 13.8. The van der Waals surface area contributed by atoms with Crippen LogP contribution >= 0.6 is 11.6 Å². The second-order valence-electron chi connectivity index (χ2n) is 9.42. The van der Waals surface area contributed by atoms with Crippen LogP contribution in [0.15, 0.2) is 77.7 Å². The van der Waals surface area contributed by atoms with Gasteiger partial charge in [0, 0.05) is 17.5 Å². The number of sulfonamides is 1. The highest BCUT2D eigenvalue weighted by Gasteiger charge is 2.28. The van der Waals surface area contributed by atoms with Crippen LogP contribution in [0.5, 0.6) is 5.75 Å². The van der Waals surface area contributed by atoms with Crippen molar-refractivity contribution in [3.8, 4) is 17.0 Å². The van der Waals surface area contributed by atoms with Gasteiger partial charge in [-0.05, 0) is 76.2 Å². The highest BCUT2D eigenvalue weighted by molar-refractivity contribution is 7.93. The molecule has 4 aromatic rings. The SMILES string of the molecule is CCN(c1ccc(OC)cc1)S(=O)(=O)c1cc(-c2cc3ccccc3n2C(=O)OC(C)(C)C)ccc1Cl. The van der Waals surface area contributed by atoms with E-state index >= 15 is 0 Å². The summed E-state index contributed by atoms with van der Waals surface area (Å²) in [4.78, 5) is 13.2. The van der Waals surface area contributed by atoms with Gasteiger partial charge in [0.05, 0.1) is 29.0 Å². The van der Waals surface area contributed by atoms with Crippen molar-refractivity contribution in [1.82, 2.24) is 4.57 Å². The van der Waals surface area contributed by atoms with Crippen LogP contribution in [0.4, 0.5) is 10.5 Å². The van der Waals surface area contributed by atoms with Crippen molar-refractivity contribution >= 4 is 44.3 Å².